The van der Waals surface area contributed by atoms with Crippen molar-refractivity contribution >= 4 is 22.7 Å². The van der Waals surface area contributed by atoms with E-state index in [-0.39, 0.29) is 11.9 Å². The van der Waals surface area contributed by atoms with Gasteiger partial charge in [-0.3, -0.25) is 4.90 Å². The van der Waals surface area contributed by atoms with E-state index in [0.29, 0.717) is 24.4 Å². The zero-order chi connectivity index (χ0) is 21.1. The van der Waals surface area contributed by atoms with Crippen LogP contribution in [-0.2, 0) is 18.7 Å². The molecule has 0 saturated carbocycles. The van der Waals surface area contributed by atoms with E-state index in [1.165, 1.54) is 28.7 Å². The van der Waals surface area contributed by atoms with Crippen LogP contribution in [0.3, 0.4) is 0 Å². The molecule has 3 heterocycles. The molecule has 0 bridgehead atoms. The Labute approximate surface area is 184 Å². The molecule has 3 nitrogen and oxygen atoms in total. The van der Waals surface area contributed by atoms with E-state index in [2.05, 4.69) is 18.7 Å². The summed E-state index contributed by atoms with van der Waals surface area (Å²) >= 11 is 3.00. The number of hydrogen-bond donors (Lipinski definition) is 1. The number of furan rings is 1. The molecule has 0 aliphatic heterocycles. The first-order valence-electron chi connectivity index (χ1n) is 9.85. The van der Waals surface area contributed by atoms with Crippen molar-refractivity contribution in [3.63, 3.8) is 0 Å². The summed E-state index contributed by atoms with van der Waals surface area (Å²) in [6.45, 7) is 5.17. The van der Waals surface area contributed by atoms with Crippen LogP contribution in [0.1, 0.15) is 40.7 Å². The van der Waals surface area contributed by atoms with Crippen LogP contribution in [0.5, 0.6) is 0 Å². The van der Waals surface area contributed by atoms with Gasteiger partial charge in [0.05, 0.1) is 6.54 Å². The number of thiophene rings is 2. The normalized spacial score (nSPS) is 12.2. The van der Waals surface area contributed by atoms with Crippen LogP contribution in [0.4, 0.5) is 4.39 Å². The molecule has 0 aliphatic carbocycles. The number of nitrogens with zero attached hydrogens (tertiary/aromatic N) is 1. The Morgan fingerprint density at radius 1 is 0.933 bits per heavy atom. The van der Waals surface area contributed by atoms with Gasteiger partial charge in [0.1, 0.15) is 17.3 Å². The molecule has 1 aromatic carbocycles. The molecule has 6 heteroatoms. The Morgan fingerprint density at radius 2 is 1.60 bits per heavy atom. The van der Waals surface area contributed by atoms with Crippen molar-refractivity contribution in [1.29, 1.82) is 0 Å². The number of rotatable bonds is 8. The van der Waals surface area contributed by atoms with Crippen molar-refractivity contribution < 1.29 is 13.9 Å². The summed E-state index contributed by atoms with van der Waals surface area (Å²) in [6, 6.07) is 18.5. The van der Waals surface area contributed by atoms with Gasteiger partial charge in [-0.2, -0.15) is 0 Å². The van der Waals surface area contributed by atoms with Gasteiger partial charge in [-0.05, 0) is 54.9 Å². The minimum atomic E-state index is -1.31. The predicted molar refractivity (Wildman–Crippen MR) is 120 cm³/mol. The summed E-state index contributed by atoms with van der Waals surface area (Å²) in [5, 5.41) is 15.6. The molecule has 0 unspecified atom stereocenters. The fourth-order valence-corrected chi connectivity index (χ4v) is 5.21. The van der Waals surface area contributed by atoms with Crippen molar-refractivity contribution in [2.75, 3.05) is 0 Å². The van der Waals surface area contributed by atoms with E-state index in [1.54, 1.807) is 6.07 Å². The SMILES string of the molecule is CC(C)N(Cc1ccc(C(O)(c2cccs2)c2cccs2)o1)Cc1ccccc1F. The standard InChI is InChI=1S/C24H24FNO2S2/c1-17(2)26(15-18-7-3-4-8-20(18)25)16-19-11-12-21(28-19)24(27,22-9-5-13-29-22)23-10-6-14-30-23/h3-14,17,27H,15-16H2,1-2H3. The highest BCUT2D eigenvalue weighted by atomic mass is 32.1. The molecule has 0 spiro atoms. The van der Waals surface area contributed by atoms with E-state index >= 15 is 0 Å². The number of halogens is 1. The topological polar surface area (TPSA) is 36.6 Å². The van der Waals surface area contributed by atoms with Gasteiger partial charge in [-0.1, -0.05) is 30.3 Å². The molecule has 30 heavy (non-hydrogen) atoms. The second kappa shape index (κ2) is 8.86. The maximum absolute atomic E-state index is 14.1. The summed E-state index contributed by atoms with van der Waals surface area (Å²) < 4.78 is 20.3. The van der Waals surface area contributed by atoms with Crippen LogP contribution in [0.2, 0.25) is 0 Å². The minimum Gasteiger partial charge on any atom is -0.461 e. The van der Waals surface area contributed by atoms with Crippen molar-refractivity contribution in [2.24, 2.45) is 0 Å². The van der Waals surface area contributed by atoms with Gasteiger partial charge in [0, 0.05) is 27.9 Å². The van der Waals surface area contributed by atoms with E-state index < -0.39 is 5.60 Å². The summed E-state index contributed by atoms with van der Waals surface area (Å²) in [5.41, 5.74) is -0.652. The quantitative estimate of drug-likeness (QED) is 0.352. The largest absolute Gasteiger partial charge is 0.461 e. The first kappa shape index (κ1) is 21.0. The second-order valence-corrected chi connectivity index (χ2v) is 9.42. The maximum atomic E-state index is 14.1. The molecular formula is C24H24FNO2S2. The molecule has 0 radical (unpaired) electrons. The predicted octanol–water partition coefficient (Wildman–Crippen LogP) is 6.24. The van der Waals surface area contributed by atoms with Crippen molar-refractivity contribution in [3.8, 4) is 0 Å². The molecule has 1 N–H and O–H groups in total. The second-order valence-electron chi connectivity index (χ2n) is 7.52. The van der Waals surface area contributed by atoms with Gasteiger partial charge >= 0.3 is 0 Å². The maximum Gasteiger partial charge on any atom is 0.191 e. The molecule has 0 fully saturated rings. The Bertz CT molecular complexity index is 1040. The third-order valence-corrected chi connectivity index (χ3v) is 7.15. The zero-order valence-electron chi connectivity index (χ0n) is 16.9. The van der Waals surface area contributed by atoms with Crippen LogP contribution in [0.25, 0.3) is 0 Å². The lowest BCUT2D eigenvalue weighted by atomic mass is 9.97. The number of benzene rings is 1. The fourth-order valence-electron chi connectivity index (χ4n) is 3.46. The van der Waals surface area contributed by atoms with Crippen LogP contribution < -0.4 is 0 Å². The summed E-state index contributed by atoms with van der Waals surface area (Å²) in [4.78, 5) is 3.78. The van der Waals surface area contributed by atoms with Gasteiger partial charge in [0.2, 0.25) is 0 Å². The fraction of sp³-hybridized carbons (Fsp3) is 0.250. The van der Waals surface area contributed by atoms with Crippen molar-refractivity contribution in [1.82, 2.24) is 4.90 Å². The highest BCUT2D eigenvalue weighted by Gasteiger charge is 2.39. The van der Waals surface area contributed by atoms with Crippen molar-refractivity contribution in [3.05, 3.63) is 104 Å². The third kappa shape index (κ3) is 4.14. The molecule has 156 valence electrons. The number of aliphatic hydroxyl groups is 1. The van der Waals surface area contributed by atoms with Crippen LogP contribution in [0, 0.1) is 5.82 Å². The highest BCUT2D eigenvalue weighted by molar-refractivity contribution is 7.11. The van der Waals surface area contributed by atoms with Gasteiger partial charge in [-0.15, -0.1) is 22.7 Å². The lowest BCUT2D eigenvalue weighted by Crippen LogP contribution is -2.30. The molecule has 3 aromatic heterocycles. The summed E-state index contributed by atoms with van der Waals surface area (Å²) in [5.74, 6) is 1.03. The Kier molecular flexibility index (Phi) is 6.20. The molecule has 0 atom stereocenters. The van der Waals surface area contributed by atoms with Crippen molar-refractivity contribution in [2.45, 2.75) is 38.6 Å². The Morgan fingerprint density at radius 3 is 2.17 bits per heavy atom. The monoisotopic (exact) mass is 441 g/mol. The zero-order valence-corrected chi connectivity index (χ0v) is 18.5. The van der Waals surface area contributed by atoms with Gasteiger partial charge in [0.25, 0.3) is 0 Å². The summed E-state index contributed by atoms with van der Waals surface area (Å²) in [6.07, 6.45) is 0. The highest BCUT2D eigenvalue weighted by Crippen LogP contribution is 2.41. The first-order valence-corrected chi connectivity index (χ1v) is 11.6. The molecule has 0 aliphatic rings. The van der Waals surface area contributed by atoms with Gasteiger partial charge < -0.3 is 9.52 Å². The number of hydrogen-bond acceptors (Lipinski definition) is 5. The van der Waals surface area contributed by atoms with E-state index in [9.17, 15) is 9.50 Å². The molecule has 0 saturated heterocycles. The molecule has 4 aromatic rings. The first-order chi connectivity index (χ1) is 14.5. The lowest BCUT2D eigenvalue weighted by molar-refractivity contribution is 0.101. The lowest BCUT2D eigenvalue weighted by Gasteiger charge is -2.26. The molecule has 4 rings (SSSR count). The average Bonchev–Trinajstić information content (AvgIpc) is 3.50. The third-order valence-electron chi connectivity index (χ3n) is 5.19. The van der Waals surface area contributed by atoms with Gasteiger partial charge in [0.15, 0.2) is 5.60 Å². The average molecular weight is 442 g/mol. The van der Waals surface area contributed by atoms with E-state index in [1.807, 2.05) is 59.3 Å². The van der Waals surface area contributed by atoms with Gasteiger partial charge in [-0.25, -0.2) is 4.39 Å². The summed E-state index contributed by atoms with van der Waals surface area (Å²) in [7, 11) is 0. The van der Waals surface area contributed by atoms with Crippen LogP contribution in [-0.4, -0.2) is 16.0 Å². The Balaban J connectivity index is 1.61. The smallest absolute Gasteiger partial charge is 0.191 e. The van der Waals surface area contributed by atoms with E-state index in [0.717, 1.165) is 15.5 Å². The molecule has 0 amide bonds. The van der Waals surface area contributed by atoms with Crippen LogP contribution in [0.15, 0.2) is 75.8 Å². The minimum absolute atomic E-state index is 0.201. The van der Waals surface area contributed by atoms with E-state index in [4.69, 9.17) is 4.42 Å². The Hall–Kier alpha value is -2.25. The molecular weight excluding hydrogens is 417 g/mol. The van der Waals surface area contributed by atoms with Crippen LogP contribution >= 0.6 is 22.7 Å².